The predicted molar refractivity (Wildman–Crippen MR) is 79.2 cm³/mol. The zero-order valence-electron chi connectivity index (χ0n) is 11.3. The van der Waals surface area contributed by atoms with Gasteiger partial charge in [0.25, 0.3) is 0 Å². The van der Waals surface area contributed by atoms with Crippen molar-refractivity contribution in [2.45, 2.75) is 32.1 Å². The topological polar surface area (TPSA) is 21.3 Å². The summed E-state index contributed by atoms with van der Waals surface area (Å²) in [6.45, 7) is 1.10. The Labute approximate surface area is 118 Å². The SMILES string of the molecule is CNCC1(Cc2cc(Br)ccc2OC)CCCC1. The van der Waals surface area contributed by atoms with Gasteiger partial charge in [-0.2, -0.15) is 0 Å². The quantitative estimate of drug-likeness (QED) is 0.893. The Morgan fingerprint density at radius 3 is 2.67 bits per heavy atom. The molecule has 1 N–H and O–H groups in total. The Hall–Kier alpha value is -0.540. The van der Waals surface area contributed by atoms with E-state index in [1.165, 1.54) is 31.2 Å². The van der Waals surface area contributed by atoms with Crippen molar-refractivity contribution < 1.29 is 4.74 Å². The molecule has 2 rings (SSSR count). The van der Waals surface area contributed by atoms with E-state index >= 15 is 0 Å². The molecule has 2 nitrogen and oxygen atoms in total. The summed E-state index contributed by atoms with van der Waals surface area (Å²) in [7, 11) is 3.81. The van der Waals surface area contributed by atoms with Crippen LogP contribution >= 0.6 is 15.9 Å². The fraction of sp³-hybridized carbons (Fsp3) is 0.600. The number of hydrogen-bond donors (Lipinski definition) is 1. The first-order valence-corrected chi connectivity index (χ1v) is 7.45. The minimum Gasteiger partial charge on any atom is -0.496 e. The van der Waals surface area contributed by atoms with Crippen LogP contribution in [-0.2, 0) is 6.42 Å². The van der Waals surface area contributed by atoms with Crippen molar-refractivity contribution in [3.05, 3.63) is 28.2 Å². The van der Waals surface area contributed by atoms with E-state index < -0.39 is 0 Å². The summed E-state index contributed by atoms with van der Waals surface area (Å²) in [5.41, 5.74) is 1.74. The summed E-state index contributed by atoms with van der Waals surface area (Å²) in [5, 5.41) is 3.37. The Morgan fingerprint density at radius 2 is 2.06 bits per heavy atom. The summed E-state index contributed by atoms with van der Waals surface area (Å²) < 4.78 is 6.63. The van der Waals surface area contributed by atoms with Crippen LogP contribution in [0, 0.1) is 5.41 Å². The summed E-state index contributed by atoms with van der Waals surface area (Å²) in [4.78, 5) is 0. The number of benzene rings is 1. The van der Waals surface area contributed by atoms with E-state index in [1.807, 2.05) is 6.07 Å². The zero-order chi connectivity index (χ0) is 13.0. The van der Waals surface area contributed by atoms with Gasteiger partial charge in [-0.15, -0.1) is 0 Å². The van der Waals surface area contributed by atoms with Gasteiger partial charge < -0.3 is 10.1 Å². The number of nitrogens with one attached hydrogen (secondary N) is 1. The smallest absolute Gasteiger partial charge is 0.122 e. The number of rotatable bonds is 5. The minimum absolute atomic E-state index is 0.419. The molecular formula is C15H22BrNO. The van der Waals surface area contributed by atoms with Crippen molar-refractivity contribution in [2.75, 3.05) is 20.7 Å². The normalized spacial score (nSPS) is 17.9. The first kappa shape index (κ1) is 13.9. The molecule has 0 aromatic heterocycles. The second kappa shape index (κ2) is 6.07. The third-order valence-electron chi connectivity index (χ3n) is 4.02. The maximum atomic E-state index is 5.49. The summed E-state index contributed by atoms with van der Waals surface area (Å²) in [5.74, 6) is 1.01. The van der Waals surface area contributed by atoms with Gasteiger partial charge in [0.1, 0.15) is 5.75 Å². The van der Waals surface area contributed by atoms with Crippen molar-refractivity contribution in [1.29, 1.82) is 0 Å². The van der Waals surface area contributed by atoms with Crippen molar-refractivity contribution in [3.63, 3.8) is 0 Å². The summed E-state index contributed by atoms with van der Waals surface area (Å²) in [6.07, 6.45) is 6.47. The predicted octanol–water partition coefficient (Wildman–Crippen LogP) is 3.78. The molecule has 0 unspecified atom stereocenters. The molecule has 1 saturated carbocycles. The molecule has 0 saturated heterocycles. The molecule has 0 spiro atoms. The largest absolute Gasteiger partial charge is 0.496 e. The molecule has 0 atom stereocenters. The summed E-state index contributed by atoms with van der Waals surface area (Å²) >= 11 is 3.56. The van der Waals surface area contributed by atoms with Crippen LogP contribution in [0.1, 0.15) is 31.2 Å². The monoisotopic (exact) mass is 311 g/mol. The van der Waals surface area contributed by atoms with Crippen molar-refractivity contribution >= 4 is 15.9 Å². The van der Waals surface area contributed by atoms with Gasteiger partial charge in [0.2, 0.25) is 0 Å². The Morgan fingerprint density at radius 1 is 1.33 bits per heavy atom. The van der Waals surface area contributed by atoms with Gasteiger partial charge in [0, 0.05) is 11.0 Å². The van der Waals surface area contributed by atoms with E-state index in [1.54, 1.807) is 7.11 Å². The average Bonchev–Trinajstić information content (AvgIpc) is 2.78. The zero-order valence-corrected chi connectivity index (χ0v) is 12.8. The molecule has 0 aliphatic heterocycles. The number of hydrogen-bond acceptors (Lipinski definition) is 2. The van der Waals surface area contributed by atoms with E-state index in [0.717, 1.165) is 23.2 Å². The molecule has 18 heavy (non-hydrogen) atoms. The molecule has 0 amide bonds. The number of methoxy groups -OCH3 is 1. The van der Waals surface area contributed by atoms with Crippen LogP contribution in [0.2, 0.25) is 0 Å². The standard InChI is InChI=1S/C15H22BrNO/c1-17-11-15(7-3-4-8-15)10-12-9-13(16)5-6-14(12)18-2/h5-6,9,17H,3-4,7-8,10-11H2,1-2H3. The highest BCUT2D eigenvalue weighted by Crippen LogP contribution is 2.42. The van der Waals surface area contributed by atoms with E-state index in [-0.39, 0.29) is 0 Å². The highest BCUT2D eigenvalue weighted by Gasteiger charge is 2.34. The molecule has 1 aliphatic rings. The molecule has 1 aromatic carbocycles. The Bertz CT molecular complexity index is 399. The average molecular weight is 312 g/mol. The van der Waals surface area contributed by atoms with Gasteiger partial charge in [-0.1, -0.05) is 28.8 Å². The lowest BCUT2D eigenvalue weighted by Gasteiger charge is -2.29. The van der Waals surface area contributed by atoms with E-state index in [2.05, 4.69) is 40.4 Å². The lowest BCUT2D eigenvalue weighted by atomic mass is 9.79. The number of ether oxygens (including phenoxy) is 1. The second-order valence-corrected chi connectivity index (χ2v) is 6.29. The first-order valence-electron chi connectivity index (χ1n) is 6.66. The van der Waals surface area contributed by atoms with E-state index in [0.29, 0.717) is 5.41 Å². The highest BCUT2D eigenvalue weighted by atomic mass is 79.9. The molecule has 1 fully saturated rings. The molecule has 1 aliphatic carbocycles. The van der Waals surface area contributed by atoms with Gasteiger partial charge in [-0.05, 0) is 55.5 Å². The molecule has 0 bridgehead atoms. The van der Waals surface area contributed by atoms with Gasteiger partial charge in [-0.25, -0.2) is 0 Å². The van der Waals surface area contributed by atoms with Crippen molar-refractivity contribution in [3.8, 4) is 5.75 Å². The van der Waals surface area contributed by atoms with Crippen molar-refractivity contribution in [1.82, 2.24) is 5.32 Å². The maximum Gasteiger partial charge on any atom is 0.122 e. The number of halogens is 1. The van der Waals surface area contributed by atoms with Crippen LogP contribution in [-0.4, -0.2) is 20.7 Å². The van der Waals surface area contributed by atoms with Crippen LogP contribution in [0.4, 0.5) is 0 Å². The van der Waals surface area contributed by atoms with E-state index in [9.17, 15) is 0 Å². The first-order chi connectivity index (χ1) is 8.69. The van der Waals surface area contributed by atoms with Crippen LogP contribution in [0.5, 0.6) is 5.75 Å². The van der Waals surface area contributed by atoms with Crippen LogP contribution in [0.15, 0.2) is 22.7 Å². The van der Waals surface area contributed by atoms with Gasteiger partial charge in [-0.3, -0.25) is 0 Å². The third kappa shape index (κ3) is 3.07. The molecule has 100 valence electrons. The lowest BCUT2D eigenvalue weighted by molar-refractivity contribution is 0.281. The molecule has 0 radical (unpaired) electrons. The summed E-state index contributed by atoms with van der Waals surface area (Å²) in [6, 6.07) is 6.30. The molecule has 3 heteroatoms. The van der Waals surface area contributed by atoms with Crippen LogP contribution in [0.25, 0.3) is 0 Å². The van der Waals surface area contributed by atoms with Gasteiger partial charge in [0.05, 0.1) is 7.11 Å². The van der Waals surface area contributed by atoms with Crippen molar-refractivity contribution in [2.24, 2.45) is 5.41 Å². The van der Waals surface area contributed by atoms with Crippen LogP contribution < -0.4 is 10.1 Å². The molecular weight excluding hydrogens is 290 g/mol. The maximum absolute atomic E-state index is 5.49. The fourth-order valence-electron chi connectivity index (χ4n) is 3.21. The van der Waals surface area contributed by atoms with Gasteiger partial charge >= 0.3 is 0 Å². The fourth-order valence-corrected chi connectivity index (χ4v) is 3.61. The third-order valence-corrected chi connectivity index (χ3v) is 4.52. The molecule has 0 heterocycles. The minimum atomic E-state index is 0.419. The highest BCUT2D eigenvalue weighted by molar-refractivity contribution is 9.10. The Balaban J connectivity index is 2.23. The Kier molecular flexibility index (Phi) is 4.68. The lowest BCUT2D eigenvalue weighted by Crippen LogP contribution is -2.32. The van der Waals surface area contributed by atoms with E-state index in [4.69, 9.17) is 4.74 Å². The second-order valence-electron chi connectivity index (χ2n) is 5.37. The van der Waals surface area contributed by atoms with Gasteiger partial charge in [0.15, 0.2) is 0 Å². The van der Waals surface area contributed by atoms with Crippen LogP contribution in [0.3, 0.4) is 0 Å². The molecule has 1 aromatic rings.